The zero-order valence-corrected chi connectivity index (χ0v) is 15.1. The van der Waals surface area contributed by atoms with Crippen LogP contribution < -0.4 is 10.2 Å². The van der Waals surface area contributed by atoms with Crippen LogP contribution in [0.3, 0.4) is 0 Å². The van der Waals surface area contributed by atoms with Crippen LogP contribution in [0.15, 0.2) is 18.2 Å². The van der Waals surface area contributed by atoms with Crippen molar-refractivity contribution in [2.75, 3.05) is 38.1 Å². The molecule has 1 atom stereocenters. The van der Waals surface area contributed by atoms with E-state index < -0.39 is 0 Å². The molecule has 2 amide bonds. The number of quaternary nitrogens is 1. The highest BCUT2D eigenvalue weighted by Gasteiger charge is 2.31. The lowest BCUT2D eigenvalue weighted by molar-refractivity contribution is -0.917. The van der Waals surface area contributed by atoms with Gasteiger partial charge in [0.2, 0.25) is 0 Å². The van der Waals surface area contributed by atoms with Gasteiger partial charge in [-0.15, -0.1) is 0 Å². The van der Waals surface area contributed by atoms with Gasteiger partial charge < -0.3 is 15.0 Å². The van der Waals surface area contributed by atoms with Crippen LogP contribution >= 0.6 is 0 Å². The zero-order valence-electron chi connectivity index (χ0n) is 15.1. The summed E-state index contributed by atoms with van der Waals surface area (Å²) < 4.78 is 5.04. The van der Waals surface area contributed by atoms with E-state index in [9.17, 15) is 9.59 Å². The molecule has 1 aliphatic carbocycles. The second kappa shape index (κ2) is 7.87. The minimum atomic E-state index is -0.253. The Hall–Kier alpha value is -2.08. The molecule has 0 radical (unpaired) electrons. The van der Waals surface area contributed by atoms with Gasteiger partial charge >= 0.3 is 6.09 Å². The molecule has 1 heterocycles. The number of amides is 2. The third kappa shape index (κ3) is 4.12. The van der Waals surface area contributed by atoms with Crippen LogP contribution in [0, 0.1) is 0 Å². The van der Waals surface area contributed by atoms with E-state index in [1.165, 1.54) is 22.4 Å². The highest BCUT2D eigenvalue weighted by Crippen LogP contribution is 2.24. The largest absolute Gasteiger partial charge is 0.450 e. The van der Waals surface area contributed by atoms with E-state index in [0.29, 0.717) is 19.7 Å². The maximum absolute atomic E-state index is 12.6. The molecule has 0 bridgehead atoms. The minimum absolute atomic E-state index is 0.0394. The number of hydrogen-bond donors (Lipinski definition) is 2. The number of carbonyl (C=O) groups excluding carboxylic acids is 2. The maximum Gasteiger partial charge on any atom is 0.410 e. The van der Waals surface area contributed by atoms with Gasteiger partial charge in [0.05, 0.1) is 32.8 Å². The number of ether oxygens (including phenoxy) is 1. The van der Waals surface area contributed by atoms with Crippen molar-refractivity contribution in [3.63, 3.8) is 0 Å². The molecule has 25 heavy (non-hydrogen) atoms. The number of carbonyl (C=O) groups is 2. The Morgan fingerprint density at radius 1 is 1.24 bits per heavy atom. The van der Waals surface area contributed by atoms with Gasteiger partial charge in [0.25, 0.3) is 5.91 Å². The predicted molar refractivity (Wildman–Crippen MR) is 95.9 cm³/mol. The van der Waals surface area contributed by atoms with Crippen molar-refractivity contribution >= 4 is 17.7 Å². The molecule has 0 unspecified atom stereocenters. The zero-order chi connectivity index (χ0) is 17.8. The summed E-state index contributed by atoms with van der Waals surface area (Å²) in [6.07, 6.45) is 3.21. The fourth-order valence-electron chi connectivity index (χ4n) is 3.71. The molecule has 1 aromatic carbocycles. The number of anilines is 1. The lowest BCUT2D eigenvalue weighted by Gasteiger charge is -2.34. The fraction of sp³-hybridized carbons (Fsp3) is 0.579. The van der Waals surface area contributed by atoms with Crippen molar-refractivity contribution in [3.8, 4) is 0 Å². The van der Waals surface area contributed by atoms with Crippen molar-refractivity contribution in [1.82, 2.24) is 4.90 Å². The summed E-state index contributed by atoms with van der Waals surface area (Å²) in [5.41, 5.74) is 3.66. The van der Waals surface area contributed by atoms with Crippen molar-refractivity contribution in [3.05, 3.63) is 29.3 Å². The summed E-state index contributed by atoms with van der Waals surface area (Å²) in [6.45, 7) is 6.94. The van der Waals surface area contributed by atoms with Crippen LogP contribution in [-0.2, 0) is 22.4 Å². The molecule has 0 spiro atoms. The summed E-state index contributed by atoms with van der Waals surface area (Å²) in [5, 5.41) is 3.06. The summed E-state index contributed by atoms with van der Waals surface area (Å²) in [4.78, 5) is 27.3. The van der Waals surface area contributed by atoms with E-state index in [1.807, 2.05) is 19.9 Å². The van der Waals surface area contributed by atoms with Gasteiger partial charge in [-0.1, -0.05) is 6.07 Å². The number of nitrogens with one attached hydrogen (secondary N) is 2. The van der Waals surface area contributed by atoms with E-state index in [0.717, 1.165) is 31.6 Å². The van der Waals surface area contributed by atoms with E-state index in [-0.39, 0.29) is 18.0 Å². The van der Waals surface area contributed by atoms with E-state index in [1.54, 1.807) is 4.90 Å². The molecule has 1 fully saturated rings. The van der Waals surface area contributed by atoms with Crippen molar-refractivity contribution in [2.24, 2.45) is 0 Å². The second-order valence-corrected chi connectivity index (χ2v) is 6.89. The van der Waals surface area contributed by atoms with Gasteiger partial charge in [0.1, 0.15) is 0 Å². The predicted octanol–water partition coefficient (Wildman–Crippen LogP) is 0.859. The first-order valence-electron chi connectivity index (χ1n) is 9.27. The standard InChI is InChI=1S/C19H27N3O3/c1-3-25-19(24)22-11-9-21(10-12-22)14(2)18(23)20-17-8-7-15-5-4-6-16(15)13-17/h7-8,13-14H,3-6,9-12H2,1-2H3,(H,20,23)/p+1/t14-/m1/s1. The molecular weight excluding hydrogens is 318 g/mol. The highest BCUT2D eigenvalue weighted by molar-refractivity contribution is 5.93. The molecule has 3 rings (SSSR count). The average Bonchev–Trinajstić information content (AvgIpc) is 3.09. The molecule has 136 valence electrons. The summed E-state index contributed by atoms with van der Waals surface area (Å²) >= 11 is 0. The smallest absolute Gasteiger partial charge is 0.410 e. The SMILES string of the molecule is CCOC(=O)N1CC[NH+]([C@H](C)C(=O)Nc2ccc3c(c2)CCC3)CC1. The molecule has 1 aliphatic heterocycles. The van der Waals surface area contributed by atoms with E-state index >= 15 is 0 Å². The topological polar surface area (TPSA) is 63.1 Å². The number of hydrogen-bond acceptors (Lipinski definition) is 3. The number of fused-ring (bicyclic) bond motifs is 1. The Kier molecular flexibility index (Phi) is 5.58. The fourth-order valence-corrected chi connectivity index (χ4v) is 3.71. The molecule has 2 aliphatic rings. The summed E-state index contributed by atoms with van der Waals surface area (Å²) in [5.74, 6) is 0.0394. The number of nitrogens with zero attached hydrogens (tertiary/aromatic N) is 1. The Labute approximate surface area is 149 Å². The van der Waals surface area contributed by atoms with Crippen LogP contribution in [0.25, 0.3) is 0 Å². The first-order valence-corrected chi connectivity index (χ1v) is 9.27. The lowest BCUT2D eigenvalue weighted by Crippen LogP contribution is -3.19. The van der Waals surface area contributed by atoms with Gasteiger partial charge in [-0.2, -0.15) is 0 Å². The monoisotopic (exact) mass is 346 g/mol. The summed E-state index contributed by atoms with van der Waals surface area (Å²) in [6, 6.07) is 6.11. The van der Waals surface area contributed by atoms with Crippen LogP contribution in [0.4, 0.5) is 10.5 Å². The third-order valence-corrected chi connectivity index (χ3v) is 5.30. The van der Waals surface area contributed by atoms with Crippen molar-refractivity contribution in [1.29, 1.82) is 0 Å². The lowest BCUT2D eigenvalue weighted by atomic mass is 10.1. The molecule has 0 aromatic heterocycles. The molecule has 6 nitrogen and oxygen atoms in total. The van der Waals surface area contributed by atoms with Gasteiger partial charge in [0, 0.05) is 5.69 Å². The number of aryl methyl sites for hydroxylation is 2. The Morgan fingerprint density at radius 2 is 1.96 bits per heavy atom. The van der Waals surface area contributed by atoms with Crippen LogP contribution in [0.5, 0.6) is 0 Å². The van der Waals surface area contributed by atoms with Crippen molar-refractivity contribution < 1.29 is 19.2 Å². The Bertz CT molecular complexity index is 639. The van der Waals surface area contributed by atoms with Crippen LogP contribution in [0.1, 0.15) is 31.4 Å². The van der Waals surface area contributed by atoms with Crippen LogP contribution in [-0.4, -0.2) is 55.7 Å². The first-order chi connectivity index (χ1) is 12.1. The quantitative estimate of drug-likeness (QED) is 0.850. The summed E-state index contributed by atoms with van der Waals surface area (Å²) in [7, 11) is 0. The minimum Gasteiger partial charge on any atom is -0.450 e. The number of rotatable bonds is 4. The average molecular weight is 346 g/mol. The molecule has 1 saturated heterocycles. The number of benzene rings is 1. The molecule has 1 aromatic rings. The molecule has 2 N–H and O–H groups in total. The Balaban J connectivity index is 1.52. The van der Waals surface area contributed by atoms with Gasteiger partial charge in [0.15, 0.2) is 6.04 Å². The highest BCUT2D eigenvalue weighted by atomic mass is 16.6. The Morgan fingerprint density at radius 3 is 2.68 bits per heavy atom. The van der Waals surface area contributed by atoms with E-state index in [4.69, 9.17) is 4.74 Å². The molecule has 6 heteroatoms. The maximum atomic E-state index is 12.6. The van der Waals surface area contributed by atoms with Gasteiger partial charge in [-0.05, 0) is 56.4 Å². The molecule has 0 saturated carbocycles. The third-order valence-electron chi connectivity index (χ3n) is 5.30. The van der Waals surface area contributed by atoms with Gasteiger partial charge in [-0.25, -0.2) is 4.79 Å². The van der Waals surface area contributed by atoms with Crippen LogP contribution in [0.2, 0.25) is 0 Å². The normalized spacial score (nSPS) is 18.6. The number of piperazine rings is 1. The first kappa shape index (κ1) is 17.7. The van der Waals surface area contributed by atoms with Gasteiger partial charge in [-0.3, -0.25) is 9.69 Å². The molecular formula is C19H28N3O3+. The van der Waals surface area contributed by atoms with E-state index in [2.05, 4.69) is 17.4 Å². The second-order valence-electron chi connectivity index (χ2n) is 6.89. The van der Waals surface area contributed by atoms with Crippen molar-refractivity contribution in [2.45, 2.75) is 39.2 Å².